The number of aromatic nitrogens is 3. The molecule has 0 bridgehead atoms. The third kappa shape index (κ3) is 13.3. The van der Waals surface area contributed by atoms with Crippen LogP contribution in [0.3, 0.4) is 0 Å². The molecule has 0 atom stereocenters. The average Bonchev–Trinajstić information content (AvgIpc) is 3.45. The summed E-state index contributed by atoms with van der Waals surface area (Å²) >= 11 is 0. The Morgan fingerprint density at radius 3 is 2.21 bits per heavy atom. The number of carbonyl (C=O) groups excluding carboxylic acids is 2. The first kappa shape index (κ1) is 34.1. The zero-order valence-corrected chi connectivity index (χ0v) is 22.0. The summed E-state index contributed by atoms with van der Waals surface area (Å²) in [5, 5.41) is 8.88. The van der Waals surface area contributed by atoms with E-state index in [-0.39, 0.29) is 17.8 Å². The Hall–Kier alpha value is -4.94. The molecule has 3 aromatic rings. The number of anilines is 2. The van der Waals surface area contributed by atoms with E-state index in [1.54, 1.807) is 36.5 Å². The minimum Gasteiger partial charge on any atom is -0.465 e. The van der Waals surface area contributed by atoms with Gasteiger partial charge >= 0.3 is 12.2 Å². The van der Waals surface area contributed by atoms with Gasteiger partial charge in [-0.25, -0.2) is 14.5 Å². The number of nitrogens with zero attached hydrogens (tertiary/aromatic N) is 4. The molecule has 210 valence electrons. The molecule has 0 unspecified atom stereocenters. The van der Waals surface area contributed by atoms with Gasteiger partial charge in [0.15, 0.2) is 0 Å². The highest BCUT2D eigenvalue weighted by molar-refractivity contribution is 6.01. The Morgan fingerprint density at radius 1 is 1.10 bits per heavy atom. The molecule has 0 aliphatic rings. The molecule has 13 heteroatoms. The molecular weight excluding hydrogens is 515 g/mol. The minimum atomic E-state index is -4.56. The first-order valence-corrected chi connectivity index (χ1v) is 11.4. The van der Waals surface area contributed by atoms with Crippen LogP contribution in [0.25, 0.3) is 5.69 Å². The molecule has 4 N–H and O–H groups in total. The molecule has 2 aromatic carbocycles. The van der Waals surface area contributed by atoms with E-state index in [0.29, 0.717) is 11.4 Å². The van der Waals surface area contributed by atoms with Crippen molar-refractivity contribution in [3.8, 4) is 11.4 Å². The molecule has 0 fully saturated rings. The summed E-state index contributed by atoms with van der Waals surface area (Å²) < 4.78 is 45.8. The van der Waals surface area contributed by atoms with Gasteiger partial charge in [-0.3, -0.25) is 9.79 Å². The topological polar surface area (TPSA) is 137 Å². The lowest BCUT2D eigenvalue weighted by atomic mass is 10.1. The molecule has 0 aliphatic carbocycles. The van der Waals surface area contributed by atoms with Gasteiger partial charge in [-0.05, 0) is 63.0 Å². The number of carbonyl (C=O) groups is 2. The number of urea groups is 1. The molecule has 3 rings (SSSR count). The second-order valence-electron chi connectivity index (χ2n) is 6.56. The predicted octanol–water partition coefficient (Wildman–Crippen LogP) is 6.19. The minimum absolute atomic E-state index is 0.0733. The lowest BCUT2D eigenvalue weighted by molar-refractivity contribution is -0.137. The summed E-state index contributed by atoms with van der Waals surface area (Å²) in [5.41, 5.74) is 3.86. The number of amides is 3. The maximum Gasteiger partial charge on any atom is 0.416 e. The third-order valence-corrected chi connectivity index (χ3v) is 3.94. The van der Waals surface area contributed by atoms with Crippen LogP contribution in [-0.4, -0.2) is 33.9 Å². The summed E-state index contributed by atoms with van der Waals surface area (Å²) in [6.45, 7) is 10.9. The van der Waals surface area contributed by atoms with Gasteiger partial charge in [-0.2, -0.15) is 18.3 Å². The first-order chi connectivity index (χ1) is 18.7. The number of primary amides is 1. The van der Waals surface area contributed by atoms with Gasteiger partial charge in [0.05, 0.1) is 23.2 Å². The van der Waals surface area contributed by atoms with Gasteiger partial charge in [0.25, 0.3) is 0 Å². The lowest BCUT2D eigenvalue weighted by Gasteiger charge is -2.15. The SMILES string of the molecule is C/C=C/Oc1ccc(NC(=O)Nc2cc(C(F)(F)F)ccc2-n2cncn2)cc1.C=N/C=C\C.CC.NC=O. The van der Waals surface area contributed by atoms with E-state index >= 15 is 0 Å². The predicted molar refractivity (Wildman–Crippen MR) is 147 cm³/mol. The molecule has 1 heterocycles. The van der Waals surface area contributed by atoms with E-state index in [2.05, 4.69) is 38.2 Å². The van der Waals surface area contributed by atoms with E-state index in [9.17, 15) is 18.0 Å². The summed E-state index contributed by atoms with van der Waals surface area (Å²) in [5.74, 6) is 0.570. The van der Waals surface area contributed by atoms with Crippen LogP contribution in [0.1, 0.15) is 33.3 Å². The van der Waals surface area contributed by atoms with Crippen LogP contribution in [0.5, 0.6) is 5.75 Å². The van der Waals surface area contributed by atoms with Crippen LogP contribution in [0.15, 0.2) is 84.7 Å². The molecule has 3 amide bonds. The van der Waals surface area contributed by atoms with Crippen LogP contribution < -0.4 is 21.1 Å². The van der Waals surface area contributed by atoms with Crippen molar-refractivity contribution >= 4 is 30.5 Å². The molecule has 0 radical (unpaired) electrons. The van der Waals surface area contributed by atoms with Gasteiger partial charge in [0, 0.05) is 11.9 Å². The number of hydrogen-bond acceptors (Lipinski definition) is 6. The highest BCUT2D eigenvalue weighted by atomic mass is 19.4. The second-order valence-corrected chi connectivity index (χ2v) is 6.56. The Labute approximate surface area is 225 Å². The van der Waals surface area contributed by atoms with Crippen molar-refractivity contribution in [2.45, 2.75) is 33.9 Å². The summed E-state index contributed by atoms with van der Waals surface area (Å²) in [6, 6.07) is 8.72. The zero-order valence-electron chi connectivity index (χ0n) is 22.0. The number of rotatable bonds is 6. The van der Waals surface area contributed by atoms with Crippen molar-refractivity contribution in [1.29, 1.82) is 0 Å². The smallest absolute Gasteiger partial charge is 0.416 e. The van der Waals surface area contributed by atoms with Crippen molar-refractivity contribution in [3.63, 3.8) is 0 Å². The van der Waals surface area contributed by atoms with Gasteiger partial charge < -0.3 is 21.1 Å². The lowest BCUT2D eigenvalue weighted by Crippen LogP contribution is -2.21. The van der Waals surface area contributed by atoms with E-state index < -0.39 is 17.8 Å². The van der Waals surface area contributed by atoms with Gasteiger partial charge in [0.2, 0.25) is 6.41 Å². The van der Waals surface area contributed by atoms with Crippen molar-refractivity contribution in [2.24, 2.45) is 10.7 Å². The Balaban J connectivity index is 0.00000125. The molecule has 0 saturated heterocycles. The molecule has 39 heavy (non-hydrogen) atoms. The standard InChI is InChI=1S/C19H16F3N5O2.C4H7N.C2H6.CH3NO/c1-2-9-29-15-6-4-14(5-7-15)25-18(28)26-16-10-13(19(20,21)22)3-8-17(16)27-12-23-11-24-27;1-3-4-5-2;1-2;2-1-3/h2-12H,1H3,(H2,25,26,28);3-4H,2H2,1H3;1-2H3;1H,(H2,2,3)/b9-2+;4-3-;;. The van der Waals surface area contributed by atoms with Crippen LogP contribution in [0, 0.1) is 0 Å². The maximum absolute atomic E-state index is 13.1. The monoisotopic (exact) mass is 547 g/mol. The number of aliphatic imine (C=N–C) groups is 1. The van der Waals surface area contributed by atoms with Crippen molar-refractivity contribution in [3.05, 3.63) is 85.3 Å². The quantitative estimate of drug-likeness (QED) is 0.192. The van der Waals surface area contributed by atoms with E-state index in [1.807, 2.05) is 33.8 Å². The van der Waals surface area contributed by atoms with Crippen LogP contribution in [0.2, 0.25) is 0 Å². The van der Waals surface area contributed by atoms with E-state index in [0.717, 1.165) is 12.1 Å². The largest absolute Gasteiger partial charge is 0.465 e. The zero-order chi connectivity index (χ0) is 29.7. The van der Waals surface area contributed by atoms with Crippen LogP contribution >= 0.6 is 0 Å². The van der Waals surface area contributed by atoms with Gasteiger partial charge in [-0.15, -0.1) is 0 Å². The number of allylic oxidation sites excluding steroid dienone is 2. The first-order valence-electron chi connectivity index (χ1n) is 11.4. The molecule has 0 aliphatic heterocycles. The number of hydrogen-bond donors (Lipinski definition) is 3. The Morgan fingerprint density at radius 2 is 1.74 bits per heavy atom. The average molecular weight is 548 g/mol. The number of halogens is 3. The molecule has 1 aromatic heterocycles. The van der Waals surface area contributed by atoms with Gasteiger partial charge in [0.1, 0.15) is 18.4 Å². The second kappa shape index (κ2) is 19.2. The fourth-order valence-electron chi connectivity index (χ4n) is 2.50. The number of ether oxygens (including phenoxy) is 1. The van der Waals surface area contributed by atoms with Gasteiger partial charge in [-0.1, -0.05) is 26.0 Å². The number of benzene rings is 2. The van der Waals surface area contributed by atoms with Crippen LogP contribution in [0.4, 0.5) is 29.3 Å². The summed E-state index contributed by atoms with van der Waals surface area (Å²) in [4.78, 5) is 28.1. The Bertz CT molecular complexity index is 1180. The number of nitrogens with one attached hydrogen (secondary N) is 2. The third-order valence-electron chi connectivity index (χ3n) is 3.94. The number of alkyl halides is 3. The molecule has 0 spiro atoms. The normalized spacial score (nSPS) is 10.1. The van der Waals surface area contributed by atoms with Crippen molar-refractivity contribution in [1.82, 2.24) is 14.8 Å². The highest BCUT2D eigenvalue weighted by Gasteiger charge is 2.31. The summed E-state index contributed by atoms with van der Waals surface area (Å²) in [7, 11) is 0. The molecule has 10 nitrogen and oxygen atoms in total. The van der Waals surface area contributed by atoms with Crippen LogP contribution in [-0.2, 0) is 11.0 Å². The number of nitrogens with two attached hydrogens (primary N) is 1. The summed E-state index contributed by atoms with van der Waals surface area (Å²) in [6.07, 6.45) is 4.94. The van der Waals surface area contributed by atoms with E-state index in [1.165, 1.54) is 29.7 Å². The highest BCUT2D eigenvalue weighted by Crippen LogP contribution is 2.33. The van der Waals surface area contributed by atoms with Crippen molar-refractivity contribution in [2.75, 3.05) is 10.6 Å². The maximum atomic E-state index is 13.1. The molecule has 0 saturated carbocycles. The fourth-order valence-corrected chi connectivity index (χ4v) is 2.50. The van der Waals surface area contributed by atoms with E-state index in [4.69, 9.17) is 9.53 Å². The Kier molecular flexibility index (Phi) is 16.8. The van der Waals surface area contributed by atoms with Crippen molar-refractivity contribution < 1.29 is 27.5 Å². The molecular formula is C26H32F3N7O3. The fraction of sp³-hybridized carbons (Fsp3) is 0.192.